The average molecular weight is 512 g/mol. The Hall–Kier alpha value is -3.65. The number of hydrogen-bond acceptors (Lipinski definition) is 2. The van der Waals surface area contributed by atoms with E-state index in [2.05, 4.69) is 101 Å². The van der Waals surface area contributed by atoms with Gasteiger partial charge in [-0.15, -0.1) is 0 Å². The Labute approximate surface area is 231 Å². The summed E-state index contributed by atoms with van der Waals surface area (Å²) in [6.07, 6.45) is 6.60. The van der Waals surface area contributed by atoms with Crippen LogP contribution in [0.2, 0.25) is 0 Å². The predicted octanol–water partition coefficient (Wildman–Crippen LogP) is 10.9. The van der Waals surface area contributed by atoms with Crippen LogP contribution in [0.25, 0.3) is 54.9 Å². The van der Waals surface area contributed by atoms with Crippen LogP contribution < -0.4 is 0 Å². The van der Waals surface area contributed by atoms with Crippen LogP contribution in [0, 0.1) is 13.8 Å². The van der Waals surface area contributed by atoms with Gasteiger partial charge in [-0.2, -0.15) is 0 Å². The number of aromatic nitrogens is 1. The zero-order valence-electron chi connectivity index (χ0n) is 23.8. The van der Waals surface area contributed by atoms with Crippen molar-refractivity contribution in [3.63, 3.8) is 0 Å². The minimum atomic E-state index is 0.00607. The molecule has 2 aromatic heterocycles. The van der Waals surface area contributed by atoms with E-state index in [9.17, 15) is 0 Å². The van der Waals surface area contributed by atoms with E-state index < -0.39 is 0 Å². The maximum absolute atomic E-state index is 6.83. The third kappa shape index (κ3) is 4.04. The summed E-state index contributed by atoms with van der Waals surface area (Å²) in [6.45, 7) is 11.2. The molecule has 39 heavy (non-hydrogen) atoms. The zero-order chi connectivity index (χ0) is 26.9. The molecule has 196 valence electrons. The van der Waals surface area contributed by atoms with Crippen LogP contribution in [0.5, 0.6) is 0 Å². The lowest BCUT2D eigenvalue weighted by Crippen LogP contribution is -2.12. The van der Waals surface area contributed by atoms with Gasteiger partial charge < -0.3 is 4.42 Å². The first kappa shape index (κ1) is 24.4. The summed E-state index contributed by atoms with van der Waals surface area (Å²) < 4.78 is 6.83. The van der Waals surface area contributed by atoms with E-state index >= 15 is 0 Å². The number of hydrogen-bond donors (Lipinski definition) is 0. The normalized spacial score (nSPS) is 15.2. The van der Waals surface area contributed by atoms with E-state index in [1.54, 1.807) is 0 Å². The van der Waals surface area contributed by atoms with Crippen molar-refractivity contribution in [3.8, 4) is 11.3 Å². The summed E-state index contributed by atoms with van der Waals surface area (Å²) in [5, 5.41) is 6.00. The number of furan rings is 1. The van der Waals surface area contributed by atoms with Crippen LogP contribution in [0.4, 0.5) is 0 Å². The second-order valence-corrected chi connectivity index (χ2v) is 12.8. The molecule has 0 amide bonds. The highest BCUT2D eigenvalue weighted by atomic mass is 16.3. The molecule has 6 aromatic rings. The Bertz CT molecular complexity index is 1890. The van der Waals surface area contributed by atoms with E-state index in [0.717, 1.165) is 38.7 Å². The highest BCUT2D eigenvalue weighted by Gasteiger charge is 2.24. The van der Waals surface area contributed by atoms with Gasteiger partial charge in [-0.05, 0) is 95.3 Å². The second-order valence-electron chi connectivity index (χ2n) is 12.8. The molecule has 2 nitrogen and oxygen atoms in total. The highest BCUT2D eigenvalue weighted by Crippen LogP contribution is 2.44. The summed E-state index contributed by atoms with van der Waals surface area (Å²) in [5.41, 5.74) is 10.4. The van der Waals surface area contributed by atoms with E-state index in [1.165, 1.54) is 70.5 Å². The molecule has 2 heteroatoms. The van der Waals surface area contributed by atoms with Crippen LogP contribution in [-0.4, -0.2) is 4.98 Å². The number of pyridine rings is 1. The van der Waals surface area contributed by atoms with Crippen molar-refractivity contribution in [2.24, 2.45) is 0 Å². The van der Waals surface area contributed by atoms with Gasteiger partial charge in [0.1, 0.15) is 11.2 Å². The van der Waals surface area contributed by atoms with Gasteiger partial charge in [-0.3, -0.25) is 0 Å². The van der Waals surface area contributed by atoms with Gasteiger partial charge in [-0.25, -0.2) is 4.98 Å². The standard InChI is InChI=1S/C37H37NO/c1-22-17-23(2)33-31(18-22)38-35(27-19-26-13-9-10-14-28(26)30(20-27)37(3,4)5)34-29-16-15-25(21-32(29)39-36(33)34)24-11-7-6-8-12-24/h9-10,13-21,24H,6-8,11-12H2,1-5H3. The largest absolute Gasteiger partial charge is 0.455 e. The second kappa shape index (κ2) is 8.95. The molecule has 0 atom stereocenters. The smallest absolute Gasteiger partial charge is 0.147 e. The van der Waals surface area contributed by atoms with Crippen molar-refractivity contribution in [2.75, 3.05) is 0 Å². The van der Waals surface area contributed by atoms with Crippen LogP contribution in [0.15, 0.2) is 71.1 Å². The molecule has 0 bridgehead atoms. The van der Waals surface area contributed by atoms with E-state index in [4.69, 9.17) is 9.40 Å². The molecule has 1 saturated carbocycles. The van der Waals surface area contributed by atoms with E-state index in [-0.39, 0.29) is 5.41 Å². The van der Waals surface area contributed by atoms with Crippen molar-refractivity contribution in [3.05, 3.63) is 89.0 Å². The lowest BCUT2D eigenvalue weighted by molar-refractivity contribution is 0.443. The first-order chi connectivity index (χ1) is 18.8. The minimum Gasteiger partial charge on any atom is -0.455 e. The van der Waals surface area contributed by atoms with Crippen molar-refractivity contribution >= 4 is 43.6 Å². The Morgan fingerprint density at radius 2 is 1.59 bits per heavy atom. The molecule has 0 N–H and O–H groups in total. The van der Waals surface area contributed by atoms with Gasteiger partial charge >= 0.3 is 0 Å². The SMILES string of the molecule is Cc1cc(C)c2c(c1)nc(-c1cc(C(C)(C)C)c3ccccc3c1)c1c3ccc(C4CCCCC4)cc3oc21. The Kier molecular flexibility index (Phi) is 5.60. The van der Waals surface area contributed by atoms with E-state index in [1.807, 2.05) is 0 Å². The Morgan fingerprint density at radius 3 is 2.38 bits per heavy atom. The topological polar surface area (TPSA) is 26.0 Å². The van der Waals surface area contributed by atoms with Crippen molar-refractivity contribution in [2.45, 2.75) is 78.1 Å². The minimum absolute atomic E-state index is 0.00607. The molecule has 0 unspecified atom stereocenters. The lowest BCUT2D eigenvalue weighted by atomic mass is 9.82. The van der Waals surface area contributed by atoms with Gasteiger partial charge in [0, 0.05) is 16.3 Å². The molecule has 2 heterocycles. The maximum Gasteiger partial charge on any atom is 0.147 e. The third-order valence-corrected chi connectivity index (χ3v) is 8.89. The number of nitrogens with zero attached hydrogens (tertiary/aromatic N) is 1. The average Bonchev–Trinajstić information content (AvgIpc) is 3.30. The fourth-order valence-corrected chi connectivity index (χ4v) is 7.00. The van der Waals surface area contributed by atoms with Crippen molar-refractivity contribution in [1.82, 2.24) is 4.98 Å². The van der Waals surface area contributed by atoms with Gasteiger partial charge in [-0.1, -0.05) is 82.5 Å². The molecule has 4 aromatic carbocycles. The molecule has 1 aliphatic rings. The van der Waals surface area contributed by atoms with Gasteiger partial charge in [0.05, 0.1) is 16.6 Å². The highest BCUT2D eigenvalue weighted by molar-refractivity contribution is 6.20. The number of aryl methyl sites for hydroxylation is 2. The summed E-state index contributed by atoms with van der Waals surface area (Å²) in [5.74, 6) is 0.643. The molecule has 0 radical (unpaired) electrons. The summed E-state index contributed by atoms with van der Waals surface area (Å²) in [6, 6.07) is 24.9. The number of rotatable bonds is 2. The first-order valence-electron chi connectivity index (χ1n) is 14.6. The molecule has 1 fully saturated rings. The Morgan fingerprint density at radius 1 is 0.795 bits per heavy atom. The third-order valence-electron chi connectivity index (χ3n) is 8.89. The van der Waals surface area contributed by atoms with Gasteiger partial charge in [0.25, 0.3) is 0 Å². The maximum atomic E-state index is 6.83. The summed E-state index contributed by atoms with van der Waals surface area (Å²) in [4.78, 5) is 5.40. The molecule has 7 rings (SSSR count). The fourth-order valence-electron chi connectivity index (χ4n) is 7.00. The molecule has 0 spiro atoms. The number of fused-ring (bicyclic) bond motifs is 6. The van der Waals surface area contributed by atoms with Crippen LogP contribution in [0.1, 0.15) is 81.0 Å². The summed E-state index contributed by atoms with van der Waals surface area (Å²) >= 11 is 0. The fraction of sp³-hybridized carbons (Fsp3) is 0.324. The van der Waals surface area contributed by atoms with E-state index in [0.29, 0.717) is 5.92 Å². The molecular weight excluding hydrogens is 474 g/mol. The monoisotopic (exact) mass is 511 g/mol. The molecule has 0 aliphatic heterocycles. The lowest BCUT2D eigenvalue weighted by Gasteiger charge is -2.23. The van der Waals surface area contributed by atoms with Crippen molar-refractivity contribution < 1.29 is 4.42 Å². The summed E-state index contributed by atoms with van der Waals surface area (Å²) in [7, 11) is 0. The predicted molar refractivity (Wildman–Crippen MR) is 166 cm³/mol. The van der Waals surface area contributed by atoms with Crippen LogP contribution >= 0.6 is 0 Å². The van der Waals surface area contributed by atoms with Gasteiger partial charge in [0.2, 0.25) is 0 Å². The molecular formula is C37H37NO. The van der Waals surface area contributed by atoms with Crippen molar-refractivity contribution in [1.29, 1.82) is 0 Å². The number of benzene rings is 4. The Balaban J connectivity index is 1.57. The quantitative estimate of drug-likeness (QED) is 0.231. The zero-order valence-corrected chi connectivity index (χ0v) is 23.8. The van der Waals surface area contributed by atoms with Crippen LogP contribution in [-0.2, 0) is 5.41 Å². The first-order valence-corrected chi connectivity index (χ1v) is 14.6. The molecule has 0 saturated heterocycles. The van der Waals surface area contributed by atoms with Crippen LogP contribution in [0.3, 0.4) is 0 Å². The molecule has 1 aliphatic carbocycles. The van der Waals surface area contributed by atoms with Gasteiger partial charge in [0.15, 0.2) is 0 Å².